The van der Waals surface area contributed by atoms with Crippen LogP contribution >= 0.6 is 0 Å². The normalized spacial score (nSPS) is 17.1. The van der Waals surface area contributed by atoms with Crippen LogP contribution in [0.1, 0.15) is 58.1 Å². The van der Waals surface area contributed by atoms with E-state index >= 15 is 0 Å². The molecule has 0 radical (unpaired) electrons. The Kier molecular flexibility index (Phi) is 11.8. The SMILES string of the molecule is CB(C)C(CC(C)C)NC(=O)C(CO)NC(=O)CC1CCc2ccccc2C1.CC. The molecule has 1 aromatic carbocycles. The third kappa shape index (κ3) is 8.51. The molecule has 2 amide bonds. The number of nitrogens with one attached hydrogen (secondary N) is 2. The van der Waals surface area contributed by atoms with E-state index in [2.05, 4.69) is 56.3 Å². The summed E-state index contributed by atoms with van der Waals surface area (Å²) in [6, 6.07) is 7.48. The summed E-state index contributed by atoms with van der Waals surface area (Å²) >= 11 is 0. The summed E-state index contributed by atoms with van der Waals surface area (Å²) in [5.41, 5.74) is 2.69. The first-order valence-corrected chi connectivity index (χ1v) is 11.6. The molecule has 0 fully saturated rings. The lowest BCUT2D eigenvalue weighted by atomic mass is 9.47. The maximum Gasteiger partial charge on any atom is 0.244 e. The Balaban J connectivity index is 0.00000218. The fourth-order valence-electron chi connectivity index (χ4n) is 3.95. The largest absolute Gasteiger partial charge is 0.394 e. The highest BCUT2D eigenvalue weighted by molar-refractivity contribution is 6.57. The Labute approximate surface area is 183 Å². The molecule has 5 nitrogen and oxygen atoms in total. The number of benzene rings is 1. The number of hydrogen-bond donors (Lipinski definition) is 3. The molecule has 0 aromatic heterocycles. The van der Waals surface area contributed by atoms with Gasteiger partial charge in [0.1, 0.15) is 6.04 Å². The molecule has 3 atom stereocenters. The third-order valence-electron chi connectivity index (χ3n) is 5.61. The molecular weight excluding hydrogens is 375 g/mol. The fourth-order valence-corrected chi connectivity index (χ4v) is 3.95. The number of aryl methyl sites for hydroxylation is 1. The first-order chi connectivity index (χ1) is 14.3. The molecule has 6 heteroatoms. The van der Waals surface area contributed by atoms with Crippen LogP contribution in [0.15, 0.2) is 24.3 Å². The minimum atomic E-state index is -0.892. The first-order valence-electron chi connectivity index (χ1n) is 11.6. The van der Waals surface area contributed by atoms with E-state index in [9.17, 15) is 14.7 Å². The van der Waals surface area contributed by atoms with E-state index in [1.165, 1.54) is 11.1 Å². The van der Waals surface area contributed by atoms with Crippen LogP contribution in [0.4, 0.5) is 0 Å². The van der Waals surface area contributed by atoms with Crippen LogP contribution in [-0.2, 0) is 22.4 Å². The van der Waals surface area contributed by atoms with Crippen molar-refractivity contribution in [1.29, 1.82) is 0 Å². The smallest absolute Gasteiger partial charge is 0.244 e. The van der Waals surface area contributed by atoms with E-state index in [1.807, 2.05) is 19.9 Å². The number of aliphatic hydroxyl groups is 1. The molecule has 3 N–H and O–H groups in total. The van der Waals surface area contributed by atoms with Gasteiger partial charge in [-0.1, -0.05) is 65.6 Å². The van der Waals surface area contributed by atoms with Gasteiger partial charge in [-0.2, -0.15) is 0 Å². The minimum absolute atomic E-state index is 0.0355. The number of aliphatic hydroxyl groups excluding tert-OH is 1. The van der Waals surface area contributed by atoms with Crippen molar-refractivity contribution in [2.24, 2.45) is 11.8 Å². The number of rotatable bonds is 9. The lowest BCUT2D eigenvalue weighted by Crippen LogP contribution is -2.54. The van der Waals surface area contributed by atoms with Gasteiger partial charge >= 0.3 is 0 Å². The van der Waals surface area contributed by atoms with Crippen LogP contribution in [0, 0.1) is 11.8 Å². The van der Waals surface area contributed by atoms with Crippen LogP contribution in [-0.4, -0.2) is 42.2 Å². The van der Waals surface area contributed by atoms with Crippen molar-refractivity contribution in [2.75, 3.05) is 6.61 Å². The molecule has 3 unspecified atom stereocenters. The van der Waals surface area contributed by atoms with Crippen molar-refractivity contribution in [2.45, 2.75) is 85.4 Å². The summed E-state index contributed by atoms with van der Waals surface area (Å²) < 4.78 is 0. The molecule has 2 rings (SSSR count). The zero-order chi connectivity index (χ0) is 22.7. The van der Waals surface area contributed by atoms with Gasteiger partial charge in [-0.15, -0.1) is 0 Å². The van der Waals surface area contributed by atoms with Crippen molar-refractivity contribution in [3.05, 3.63) is 35.4 Å². The molecule has 1 aromatic rings. The van der Waals surface area contributed by atoms with Crippen LogP contribution in [0.5, 0.6) is 0 Å². The average molecular weight is 416 g/mol. The van der Waals surface area contributed by atoms with Gasteiger partial charge < -0.3 is 15.7 Å². The van der Waals surface area contributed by atoms with Gasteiger partial charge in [0.25, 0.3) is 0 Å². The second kappa shape index (κ2) is 13.5. The maximum atomic E-state index is 12.6. The summed E-state index contributed by atoms with van der Waals surface area (Å²) in [7, 11) is 0. The van der Waals surface area contributed by atoms with E-state index in [0.29, 0.717) is 19.1 Å². The Morgan fingerprint density at radius 2 is 1.77 bits per heavy atom. The van der Waals surface area contributed by atoms with E-state index in [1.54, 1.807) is 0 Å². The lowest BCUT2D eigenvalue weighted by Gasteiger charge is -2.27. The standard InChI is InChI=1S/C22H35BN2O3.C2H6/c1-15(2)11-20(23(3)4)25-22(28)19(14-26)24-21(27)13-16-9-10-17-7-5-6-8-18(17)12-16;1-2/h5-8,15-16,19-20,26H,9-14H2,1-4H3,(H,24,27)(H,25,28);1-2H3. The molecule has 168 valence electrons. The Morgan fingerprint density at radius 3 is 2.33 bits per heavy atom. The highest BCUT2D eigenvalue weighted by Gasteiger charge is 2.27. The van der Waals surface area contributed by atoms with Gasteiger partial charge in [0.05, 0.1) is 6.61 Å². The Bertz CT molecular complexity index is 664. The summed E-state index contributed by atoms with van der Waals surface area (Å²) in [4.78, 5) is 25.1. The topological polar surface area (TPSA) is 78.4 Å². The van der Waals surface area contributed by atoms with Gasteiger partial charge in [0, 0.05) is 12.4 Å². The third-order valence-corrected chi connectivity index (χ3v) is 5.61. The van der Waals surface area contributed by atoms with Crippen molar-refractivity contribution >= 4 is 18.5 Å². The van der Waals surface area contributed by atoms with Gasteiger partial charge in [0.2, 0.25) is 11.8 Å². The molecule has 0 saturated heterocycles. The quantitative estimate of drug-likeness (QED) is 0.539. The average Bonchev–Trinajstić information content (AvgIpc) is 2.72. The molecule has 0 aliphatic heterocycles. The van der Waals surface area contributed by atoms with Gasteiger partial charge in [-0.25, -0.2) is 0 Å². The Hall–Kier alpha value is -1.82. The number of fused-ring (bicyclic) bond motifs is 1. The first kappa shape index (κ1) is 26.2. The summed E-state index contributed by atoms with van der Waals surface area (Å²) in [5, 5.41) is 15.4. The lowest BCUT2D eigenvalue weighted by molar-refractivity contribution is -0.130. The summed E-state index contributed by atoms with van der Waals surface area (Å²) in [6.45, 7) is 12.3. The minimum Gasteiger partial charge on any atom is -0.394 e. The predicted octanol–water partition coefficient (Wildman–Crippen LogP) is 3.51. The Morgan fingerprint density at radius 1 is 1.13 bits per heavy atom. The number of amides is 2. The van der Waals surface area contributed by atoms with E-state index in [0.717, 1.165) is 25.7 Å². The molecule has 30 heavy (non-hydrogen) atoms. The molecule has 0 bridgehead atoms. The van der Waals surface area contributed by atoms with Crippen molar-refractivity contribution in [3.8, 4) is 0 Å². The molecule has 1 aliphatic carbocycles. The van der Waals surface area contributed by atoms with E-state index in [-0.39, 0.29) is 23.7 Å². The monoisotopic (exact) mass is 416 g/mol. The van der Waals surface area contributed by atoms with Crippen LogP contribution in [0.2, 0.25) is 13.6 Å². The van der Waals surface area contributed by atoms with E-state index in [4.69, 9.17) is 0 Å². The van der Waals surface area contributed by atoms with Crippen molar-refractivity contribution < 1.29 is 14.7 Å². The van der Waals surface area contributed by atoms with E-state index < -0.39 is 12.6 Å². The van der Waals surface area contributed by atoms with Crippen LogP contribution in [0.3, 0.4) is 0 Å². The molecule has 0 saturated carbocycles. The number of carbonyl (C=O) groups excluding carboxylic acids is 2. The zero-order valence-corrected chi connectivity index (χ0v) is 19.7. The zero-order valence-electron chi connectivity index (χ0n) is 19.7. The highest BCUT2D eigenvalue weighted by Crippen LogP contribution is 2.27. The molecule has 0 heterocycles. The highest BCUT2D eigenvalue weighted by atomic mass is 16.3. The molecule has 0 spiro atoms. The van der Waals surface area contributed by atoms with Crippen LogP contribution < -0.4 is 10.6 Å². The summed E-state index contributed by atoms with van der Waals surface area (Å²) in [5.74, 6) is 0.312. The van der Waals surface area contributed by atoms with Crippen LogP contribution in [0.25, 0.3) is 0 Å². The number of carbonyl (C=O) groups is 2. The fraction of sp³-hybridized carbons (Fsp3) is 0.667. The van der Waals surface area contributed by atoms with Crippen molar-refractivity contribution in [3.63, 3.8) is 0 Å². The van der Waals surface area contributed by atoms with Gasteiger partial charge in [0.15, 0.2) is 6.71 Å². The number of hydrogen-bond acceptors (Lipinski definition) is 3. The molecule has 1 aliphatic rings. The van der Waals surface area contributed by atoms with Crippen molar-refractivity contribution in [1.82, 2.24) is 10.6 Å². The second-order valence-corrected chi connectivity index (χ2v) is 8.87. The van der Waals surface area contributed by atoms with Gasteiger partial charge in [-0.05, 0) is 48.6 Å². The maximum absolute atomic E-state index is 12.6. The predicted molar refractivity (Wildman–Crippen MR) is 126 cm³/mol. The summed E-state index contributed by atoms with van der Waals surface area (Å²) in [6.07, 6.45) is 4.12. The van der Waals surface area contributed by atoms with Gasteiger partial charge in [-0.3, -0.25) is 9.59 Å². The second-order valence-electron chi connectivity index (χ2n) is 8.87. The molecular formula is C24H41BN2O3.